The molecule has 0 aliphatic heterocycles. The summed E-state index contributed by atoms with van der Waals surface area (Å²) < 4.78 is 4.80. The maximum Gasteiger partial charge on any atom is 0.0541 e. The number of rotatable bonds is 4. The minimum absolute atomic E-state index is 1.15. The second-order valence-electron chi connectivity index (χ2n) is 15.5. The van der Waals surface area contributed by atoms with Gasteiger partial charge in [0.05, 0.1) is 22.1 Å². The molecule has 0 aliphatic carbocycles. The van der Waals surface area contributed by atoms with Gasteiger partial charge in [-0.3, -0.25) is 0 Å². The third-order valence-electron chi connectivity index (χ3n) is 11.7. The molecule has 0 amide bonds. The number of nitrogens with one attached hydrogen (secondary N) is 1. The van der Waals surface area contributed by atoms with E-state index in [1.54, 1.807) is 0 Å². The van der Waals surface area contributed by atoms with Gasteiger partial charge >= 0.3 is 0 Å². The van der Waals surface area contributed by atoms with Crippen molar-refractivity contribution >= 4 is 65.4 Å². The first-order valence-electron chi connectivity index (χ1n) is 19.2. The summed E-state index contributed by atoms with van der Waals surface area (Å²) in [5, 5.41) is 7.58. The molecule has 11 aromatic rings. The van der Waals surface area contributed by atoms with Gasteiger partial charge in [-0.2, -0.15) is 0 Å². The van der Waals surface area contributed by atoms with Gasteiger partial charge in [0, 0.05) is 54.7 Å². The SMILES string of the molecule is Cc1ccc(-n2c3ccc(C)cc3c3cc(-c4ccc5[nH]c6ccc(-c7ccc8c(c7)c7cc(C)ccc7n8-c7ccc(C)cc7)cc6c5c4)ccc32)cc1. The molecule has 0 bridgehead atoms. The molecule has 8 aromatic carbocycles. The van der Waals surface area contributed by atoms with Crippen molar-refractivity contribution in [1.82, 2.24) is 14.1 Å². The monoisotopic (exact) mass is 705 g/mol. The molecule has 0 aliphatic rings. The van der Waals surface area contributed by atoms with Gasteiger partial charge in [-0.25, -0.2) is 0 Å². The molecule has 3 heteroatoms. The van der Waals surface area contributed by atoms with Crippen LogP contribution in [0.3, 0.4) is 0 Å². The zero-order valence-corrected chi connectivity index (χ0v) is 31.4. The zero-order chi connectivity index (χ0) is 36.9. The lowest BCUT2D eigenvalue weighted by Gasteiger charge is -2.09. The van der Waals surface area contributed by atoms with Crippen molar-refractivity contribution in [3.05, 3.63) is 180 Å². The molecule has 0 fully saturated rings. The first kappa shape index (κ1) is 31.7. The van der Waals surface area contributed by atoms with Gasteiger partial charge < -0.3 is 14.1 Å². The number of H-pyrrole nitrogens is 1. The number of aromatic amines is 1. The Hall–Kier alpha value is -6.84. The van der Waals surface area contributed by atoms with Crippen LogP contribution in [0.5, 0.6) is 0 Å². The maximum atomic E-state index is 3.70. The minimum atomic E-state index is 1.15. The Kier molecular flexibility index (Phi) is 6.81. The van der Waals surface area contributed by atoms with Gasteiger partial charge in [0.1, 0.15) is 0 Å². The van der Waals surface area contributed by atoms with Gasteiger partial charge in [-0.15, -0.1) is 0 Å². The van der Waals surface area contributed by atoms with Crippen LogP contribution >= 0.6 is 0 Å². The third-order valence-corrected chi connectivity index (χ3v) is 11.7. The lowest BCUT2D eigenvalue weighted by Crippen LogP contribution is -1.93. The van der Waals surface area contributed by atoms with Gasteiger partial charge in [0.25, 0.3) is 0 Å². The molecule has 11 rings (SSSR count). The fraction of sp³-hybridized carbons (Fsp3) is 0.0769. The first-order chi connectivity index (χ1) is 26.9. The molecule has 0 saturated heterocycles. The molecule has 0 saturated carbocycles. The fourth-order valence-electron chi connectivity index (χ4n) is 8.83. The zero-order valence-electron chi connectivity index (χ0n) is 31.4. The second-order valence-corrected chi connectivity index (χ2v) is 15.5. The van der Waals surface area contributed by atoms with Crippen molar-refractivity contribution in [2.24, 2.45) is 0 Å². The van der Waals surface area contributed by atoms with Crippen molar-refractivity contribution in [2.45, 2.75) is 27.7 Å². The molecular formula is C52H39N3. The molecule has 0 radical (unpaired) electrons. The summed E-state index contributed by atoms with van der Waals surface area (Å²) in [6.45, 7) is 8.65. The molecule has 55 heavy (non-hydrogen) atoms. The number of nitrogens with zero attached hydrogens (tertiary/aromatic N) is 2. The highest BCUT2D eigenvalue weighted by Crippen LogP contribution is 2.39. The van der Waals surface area contributed by atoms with Crippen LogP contribution in [0.25, 0.3) is 99.0 Å². The fourth-order valence-corrected chi connectivity index (χ4v) is 8.83. The average Bonchev–Trinajstić information content (AvgIpc) is 3.84. The Balaban J connectivity index is 1.04. The Morgan fingerprint density at radius 3 is 1.00 bits per heavy atom. The highest BCUT2D eigenvalue weighted by Gasteiger charge is 2.17. The number of hydrogen-bond acceptors (Lipinski definition) is 0. The van der Waals surface area contributed by atoms with Crippen LogP contribution in [-0.4, -0.2) is 14.1 Å². The molecule has 0 unspecified atom stereocenters. The minimum Gasteiger partial charge on any atom is -0.355 e. The molecule has 0 spiro atoms. The summed E-state index contributed by atoms with van der Waals surface area (Å²) in [6.07, 6.45) is 0. The van der Waals surface area contributed by atoms with E-state index >= 15 is 0 Å². The predicted octanol–water partition coefficient (Wildman–Crippen LogP) is 14.1. The van der Waals surface area contributed by atoms with E-state index in [-0.39, 0.29) is 0 Å². The topological polar surface area (TPSA) is 25.6 Å². The van der Waals surface area contributed by atoms with Gasteiger partial charge in [0.15, 0.2) is 0 Å². The van der Waals surface area contributed by atoms with E-state index in [2.05, 4.69) is 200 Å². The van der Waals surface area contributed by atoms with E-state index in [0.29, 0.717) is 0 Å². The van der Waals surface area contributed by atoms with Crippen molar-refractivity contribution in [2.75, 3.05) is 0 Å². The highest BCUT2D eigenvalue weighted by atomic mass is 15.0. The summed E-state index contributed by atoms with van der Waals surface area (Å²) in [7, 11) is 0. The number of aryl methyl sites for hydroxylation is 4. The number of fused-ring (bicyclic) bond motifs is 9. The maximum absolute atomic E-state index is 3.70. The molecule has 3 aromatic heterocycles. The van der Waals surface area contributed by atoms with Crippen LogP contribution < -0.4 is 0 Å². The largest absolute Gasteiger partial charge is 0.355 e. The standard InChI is InChI=1S/C52H39N3/c1-31-5-15-39(16-6-31)54-49-21-9-33(3)25-43(49)45-29-37(13-23-51(45)54)35-11-19-47-41(27-35)42-28-36(12-20-48(42)53-47)38-14-24-52-46(30-38)44-26-34(4)10-22-50(44)55(52)40-17-7-32(2)8-18-40/h5-30,53H,1-4H3. The van der Waals surface area contributed by atoms with Gasteiger partial charge in [-0.05, 0) is 147 Å². The summed E-state index contributed by atoms with van der Waals surface area (Å²) in [6, 6.07) is 58.9. The van der Waals surface area contributed by atoms with E-state index in [0.717, 1.165) is 11.0 Å². The summed E-state index contributed by atoms with van der Waals surface area (Å²) in [5.74, 6) is 0. The van der Waals surface area contributed by atoms with E-state index in [9.17, 15) is 0 Å². The highest BCUT2D eigenvalue weighted by molar-refractivity contribution is 6.14. The van der Waals surface area contributed by atoms with Crippen molar-refractivity contribution in [3.8, 4) is 33.6 Å². The van der Waals surface area contributed by atoms with Crippen molar-refractivity contribution in [1.29, 1.82) is 0 Å². The van der Waals surface area contributed by atoms with Crippen molar-refractivity contribution < 1.29 is 0 Å². The smallest absolute Gasteiger partial charge is 0.0541 e. The van der Waals surface area contributed by atoms with Crippen LogP contribution in [0.2, 0.25) is 0 Å². The average molecular weight is 706 g/mol. The van der Waals surface area contributed by atoms with Crippen molar-refractivity contribution in [3.63, 3.8) is 0 Å². The van der Waals surface area contributed by atoms with Gasteiger partial charge in [-0.1, -0.05) is 82.9 Å². The molecule has 1 N–H and O–H groups in total. The molecule has 0 atom stereocenters. The quantitative estimate of drug-likeness (QED) is 0.189. The number of aromatic nitrogens is 3. The molecule has 3 nitrogen and oxygen atoms in total. The Morgan fingerprint density at radius 2 is 0.600 bits per heavy atom. The van der Waals surface area contributed by atoms with E-state index < -0.39 is 0 Å². The second kappa shape index (κ2) is 11.8. The van der Waals surface area contributed by atoms with Crippen LogP contribution in [0.15, 0.2) is 158 Å². The summed E-state index contributed by atoms with van der Waals surface area (Å²) >= 11 is 0. The van der Waals surface area contributed by atoms with Gasteiger partial charge in [0.2, 0.25) is 0 Å². The van der Waals surface area contributed by atoms with E-state index in [1.165, 1.54) is 110 Å². The van der Waals surface area contributed by atoms with Crippen LogP contribution in [-0.2, 0) is 0 Å². The summed E-state index contributed by atoms with van der Waals surface area (Å²) in [5.41, 5.74) is 19.5. The van der Waals surface area contributed by atoms with Crippen LogP contribution in [0.4, 0.5) is 0 Å². The number of benzene rings is 8. The molecular weight excluding hydrogens is 667 g/mol. The number of hydrogen-bond donors (Lipinski definition) is 1. The van der Waals surface area contributed by atoms with E-state index in [4.69, 9.17) is 0 Å². The predicted molar refractivity (Wildman–Crippen MR) is 234 cm³/mol. The lowest BCUT2D eigenvalue weighted by molar-refractivity contribution is 1.17. The van der Waals surface area contributed by atoms with E-state index in [1.807, 2.05) is 0 Å². The Labute approximate surface area is 319 Å². The lowest BCUT2D eigenvalue weighted by atomic mass is 9.98. The Bertz CT molecular complexity index is 3110. The van der Waals surface area contributed by atoms with Crippen LogP contribution in [0, 0.1) is 27.7 Å². The first-order valence-corrected chi connectivity index (χ1v) is 19.2. The normalized spacial score (nSPS) is 12.0. The summed E-state index contributed by atoms with van der Waals surface area (Å²) in [4.78, 5) is 3.70. The third kappa shape index (κ3) is 4.97. The van der Waals surface area contributed by atoms with Crippen LogP contribution in [0.1, 0.15) is 22.3 Å². The molecule has 3 heterocycles. The Morgan fingerprint density at radius 1 is 0.291 bits per heavy atom. The molecule has 262 valence electrons.